The van der Waals surface area contributed by atoms with Gasteiger partial charge in [0.2, 0.25) is 6.20 Å². The minimum atomic E-state index is 0.699. The molecule has 1 aliphatic rings. The van der Waals surface area contributed by atoms with Crippen molar-refractivity contribution in [1.82, 2.24) is 0 Å². The van der Waals surface area contributed by atoms with Crippen molar-refractivity contribution >= 4 is 17.2 Å². The molecule has 0 atom stereocenters. The van der Waals surface area contributed by atoms with E-state index in [-0.39, 0.29) is 0 Å². The lowest BCUT2D eigenvalue weighted by Gasteiger charge is -2.08. The molecule has 1 aromatic heterocycles. The number of hydrogen-bond donors (Lipinski definition) is 1. The maximum absolute atomic E-state index is 10.1. The van der Waals surface area contributed by atoms with Crippen molar-refractivity contribution < 1.29 is 14.7 Å². The summed E-state index contributed by atoms with van der Waals surface area (Å²) in [5.74, 6) is 0.769. The van der Waals surface area contributed by atoms with Gasteiger partial charge in [-0.25, -0.2) is 0 Å². The van der Waals surface area contributed by atoms with Crippen LogP contribution in [0.15, 0.2) is 37.0 Å². The third kappa shape index (κ3) is 1.95. The van der Waals surface area contributed by atoms with Gasteiger partial charge in [0.1, 0.15) is 5.75 Å². The van der Waals surface area contributed by atoms with Crippen LogP contribution in [0.25, 0.3) is 5.57 Å². The lowest BCUT2D eigenvalue weighted by Crippen LogP contribution is -2.35. The fourth-order valence-corrected chi connectivity index (χ4v) is 2.97. The second-order valence-corrected chi connectivity index (χ2v) is 5.27. The molecule has 0 fully saturated rings. The minimum Gasteiger partial charge on any atom is -0.496 e. The average Bonchev–Trinajstić information content (AvgIpc) is 2.57. The first kappa shape index (κ1) is 13.0. The molecule has 20 heavy (non-hydrogen) atoms. The van der Waals surface area contributed by atoms with Crippen LogP contribution in [0.1, 0.15) is 22.4 Å². The Bertz CT molecular complexity index is 710. The quantitative estimate of drug-likeness (QED) is 0.646. The largest absolute Gasteiger partial charge is 0.496 e. The van der Waals surface area contributed by atoms with Crippen LogP contribution in [-0.4, -0.2) is 12.3 Å². The standard InChI is InChI=1S/C16H15ClNO2/c1-10-13-6-4-12(17)9-11(13)3-5-14-15(20-2)7-8-18(19)16(10)14/h4,6-9,19H,1,3,5H2,2H3/q+1. The van der Waals surface area contributed by atoms with E-state index < -0.39 is 0 Å². The van der Waals surface area contributed by atoms with E-state index in [1.54, 1.807) is 19.4 Å². The van der Waals surface area contributed by atoms with Gasteiger partial charge in [-0.2, -0.15) is 0 Å². The molecule has 0 aliphatic heterocycles. The van der Waals surface area contributed by atoms with Gasteiger partial charge in [-0.15, -0.1) is 0 Å². The Morgan fingerprint density at radius 1 is 1.30 bits per heavy atom. The van der Waals surface area contributed by atoms with Crippen molar-refractivity contribution in [3.05, 3.63) is 64.4 Å². The SMILES string of the molecule is C=C1c2ccc(Cl)cc2CCc2c(OC)cc[n+](O)c21. The Morgan fingerprint density at radius 2 is 2.10 bits per heavy atom. The average molecular weight is 289 g/mol. The molecule has 3 nitrogen and oxygen atoms in total. The number of hydrogen-bond acceptors (Lipinski definition) is 2. The highest BCUT2D eigenvalue weighted by Gasteiger charge is 2.29. The third-order valence-electron chi connectivity index (χ3n) is 3.72. The topological polar surface area (TPSA) is 33.3 Å². The van der Waals surface area contributed by atoms with Crippen LogP contribution in [0.2, 0.25) is 5.02 Å². The molecule has 0 radical (unpaired) electrons. The molecular formula is C16H15ClNO2+. The van der Waals surface area contributed by atoms with E-state index in [0.29, 0.717) is 10.7 Å². The molecule has 1 heterocycles. The maximum Gasteiger partial charge on any atom is 0.271 e. The summed E-state index contributed by atoms with van der Waals surface area (Å²) in [5.41, 5.74) is 4.61. The highest BCUT2D eigenvalue weighted by molar-refractivity contribution is 6.30. The Hall–Kier alpha value is -2.00. The van der Waals surface area contributed by atoms with Crippen LogP contribution >= 0.6 is 11.6 Å². The summed E-state index contributed by atoms with van der Waals surface area (Å²) in [4.78, 5) is 0. The van der Waals surface area contributed by atoms with Crippen LogP contribution < -0.4 is 9.47 Å². The first-order valence-electron chi connectivity index (χ1n) is 6.40. The summed E-state index contributed by atoms with van der Waals surface area (Å²) in [6.45, 7) is 4.14. The number of ether oxygens (including phenoxy) is 1. The number of methoxy groups -OCH3 is 1. The number of halogens is 1. The van der Waals surface area contributed by atoms with Gasteiger partial charge in [0.25, 0.3) is 5.69 Å². The van der Waals surface area contributed by atoms with Gasteiger partial charge in [0, 0.05) is 15.8 Å². The normalized spacial score (nSPS) is 13.4. The summed E-state index contributed by atoms with van der Waals surface area (Å²) in [7, 11) is 1.63. The van der Waals surface area contributed by atoms with Crippen molar-refractivity contribution in [3.63, 3.8) is 0 Å². The van der Waals surface area contributed by atoms with Crippen molar-refractivity contribution in [2.75, 3.05) is 7.11 Å². The number of pyridine rings is 1. The highest BCUT2D eigenvalue weighted by atomic mass is 35.5. The fourth-order valence-electron chi connectivity index (χ4n) is 2.77. The third-order valence-corrected chi connectivity index (χ3v) is 3.96. The predicted molar refractivity (Wildman–Crippen MR) is 77.4 cm³/mol. The molecule has 0 amide bonds. The molecule has 4 heteroatoms. The zero-order valence-corrected chi connectivity index (χ0v) is 11.9. The van der Waals surface area contributed by atoms with Gasteiger partial charge in [-0.1, -0.05) is 24.2 Å². The summed E-state index contributed by atoms with van der Waals surface area (Å²) < 4.78 is 6.52. The lowest BCUT2D eigenvalue weighted by atomic mass is 9.99. The molecule has 1 aliphatic carbocycles. The molecule has 2 aromatic rings. The molecule has 1 aromatic carbocycles. The first-order chi connectivity index (χ1) is 9.61. The van der Waals surface area contributed by atoms with Crippen LogP contribution in [-0.2, 0) is 12.8 Å². The van der Waals surface area contributed by atoms with Gasteiger partial charge in [0.05, 0.1) is 18.2 Å². The summed E-state index contributed by atoms with van der Waals surface area (Å²) >= 11 is 6.07. The summed E-state index contributed by atoms with van der Waals surface area (Å²) in [6, 6.07) is 7.52. The second kappa shape index (κ2) is 4.84. The smallest absolute Gasteiger partial charge is 0.271 e. The van der Waals surface area contributed by atoms with Crippen molar-refractivity contribution in [2.24, 2.45) is 0 Å². The molecule has 102 valence electrons. The van der Waals surface area contributed by atoms with Gasteiger partial charge in [-0.05, 0) is 36.1 Å². The van der Waals surface area contributed by atoms with Gasteiger partial charge >= 0.3 is 0 Å². The monoisotopic (exact) mass is 288 g/mol. The molecule has 0 saturated carbocycles. The van der Waals surface area contributed by atoms with Crippen LogP contribution in [0.3, 0.4) is 0 Å². The van der Waals surface area contributed by atoms with Crippen molar-refractivity contribution in [2.45, 2.75) is 12.8 Å². The lowest BCUT2D eigenvalue weighted by molar-refractivity contribution is -0.906. The van der Waals surface area contributed by atoms with Gasteiger partial charge in [0.15, 0.2) is 0 Å². The van der Waals surface area contributed by atoms with E-state index in [2.05, 4.69) is 6.58 Å². The highest BCUT2D eigenvalue weighted by Crippen LogP contribution is 2.35. The number of nitrogens with zero attached hydrogens (tertiary/aromatic N) is 1. The molecule has 0 bridgehead atoms. The second-order valence-electron chi connectivity index (χ2n) is 4.84. The van der Waals surface area contributed by atoms with Gasteiger partial charge < -0.3 is 4.74 Å². The summed E-state index contributed by atoms with van der Waals surface area (Å²) in [6.07, 6.45) is 3.18. The van der Waals surface area contributed by atoms with Gasteiger partial charge in [-0.3, -0.25) is 5.21 Å². The van der Waals surface area contributed by atoms with E-state index in [4.69, 9.17) is 16.3 Å². The Labute approximate surface area is 122 Å². The number of aromatic nitrogens is 1. The molecule has 0 spiro atoms. The molecule has 0 unspecified atom stereocenters. The van der Waals surface area contributed by atoms with Crippen LogP contribution in [0.4, 0.5) is 0 Å². The van der Waals surface area contributed by atoms with E-state index in [1.165, 1.54) is 0 Å². The van der Waals surface area contributed by atoms with E-state index >= 15 is 0 Å². The number of aryl methyl sites for hydroxylation is 1. The van der Waals surface area contributed by atoms with Crippen LogP contribution in [0, 0.1) is 0 Å². The zero-order chi connectivity index (χ0) is 14.3. The van der Waals surface area contributed by atoms with Crippen molar-refractivity contribution in [3.8, 4) is 5.75 Å². The van der Waals surface area contributed by atoms with E-state index in [1.807, 2.05) is 18.2 Å². The number of benzene rings is 1. The molecule has 3 rings (SSSR count). The van der Waals surface area contributed by atoms with Crippen molar-refractivity contribution in [1.29, 1.82) is 0 Å². The fraction of sp³-hybridized carbons (Fsp3) is 0.188. The van der Waals surface area contributed by atoms with E-state index in [0.717, 1.165) is 45.6 Å². The number of fused-ring (bicyclic) bond motifs is 2. The summed E-state index contributed by atoms with van der Waals surface area (Å²) in [5, 5.41) is 10.8. The number of rotatable bonds is 1. The zero-order valence-electron chi connectivity index (χ0n) is 11.2. The molecular weight excluding hydrogens is 274 g/mol. The minimum absolute atomic E-state index is 0.699. The Kier molecular flexibility index (Phi) is 3.14. The first-order valence-corrected chi connectivity index (χ1v) is 6.78. The Morgan fingerprint density at radius 3 is 2.85 bits per heavy atom. The van der Waals surface area contributed by atoms with E-state index in [9.17, 15) is 5.21 Å². The van der Waals surface area contributed by atoms with Crippen LogP contribution in [0.5, 0.6) is 5.75 Å². The maximum atomic E-state index is 10.1. The molecule has 1 N–H and O–H groups in total. The molecule has 0 saturated heterocycles. The predicted octanol–water partition coefficient (Wildman–Crippen LogP) is 3.03. The Balaban J connectivity index is 2.25.